The Bertz CT molecular complexity index is 595. The van der Waals surface area contributed by atoms with Crippen molar-refractivity contribution in [3.63, 3.8) is 0 Å². The monoisotopic (exact) mass is 426 g/mol. The molecule has 0 aliphatic heterocycles. The van der Waals surface area contributed by atoms with Crippen molar-refractivity contribution in [2.45, 2.75) is 91.9 Å². The molecule has 0 fully saturated rings. The molecule has 0 heterocycles. The molecule has 30 heavy (non-hydrogen) atoms. The summed E-state index contributed by atoms with van der Waals surface area (Å²) >= 11 is 0. The van der Waals surface area contributed by atoms with E-state index < -0.39 is 12.2 Å². The van der Waals surface area contributed by atoms with Crippen molar-refractivity contribution in [3.05, 3.63) is 70.9 Å². The zero-order valence-electron chi connectivity index (χ0n) is 19.0. The number of halogens is 4. The molecule has 4 heteroatoms. The molecular formula is C26H38F4. The number of allylic oxidation sites excluding steroid dienone is 10. The Kier molecular flexibility index (Phi) is 16.9. The largest absolute Gasteiger partial charge is 0.266 e. The fourth-order valence-electron chi connectivity index (χ4n) is 2.98. The van der Waals surface area contributed by atoms with E-state index in [-0.39, 0.29) is 0 Å². The Morgan fingerprint density at radius 1 is 0.400 bits per heavy atom. The molecule has 0 aliphatic rings. The van der Waals surface area contributed by atoms with Crippen molar-refractivity contribution in [1.82, 2.24) is 0 Å². The van der Waals surface area contributed by atoms with Crippen molar-refractivity contribution in [3.8, 4) is 0 Å². The topological polar surface area (TPSA) is 0 Å². The van der Waals surface area contributed by atoms with Crippen LogP contribution in [-0.4, -0.2) is 0 Å². The fraction of sp³-hybridized carbons (Fsp3) is 0.538. The minimum Gasteiger partial charge on any atom is -0.174 e. The minimum atomic E-state index is -1.60. The standard InChI is InChI=1S/C26H38F4/c1-21(13-7-15-23(3)17-9-19-25(27)28)11-5-6-12-22(2)14-8-16-24(4)18-10-20-26(29)30/h11-12,15-16,19-20H,5-10,13-14,17-18H2,1-4H3/b21-11+,22-12+,23-15+,24-16+. The summed E-state index contributed by atoms with van der Waals surface area (Å²) in [6.07, 6.45) is 15.7. The van der Waals surface area contributed by atoms with Gasteiger partial charge >= 0.3 is 0 Å². The Morgan fingerprint density at radius 3 is 0.900 bits per heavy atom. The Hall–Kier alpha value is -1.84. The lowest BCUT2D eigenvalue weighted by Gasteiger charge is -2.02. The quantitative estimate of drug-likeness (QED) is 0.139. The average Bonchev–Trinajstić information content (AvgIpc) is 2.64. The number of hydrogen-bond donors (Lipinski definition) is 0. The van der Waals surface area contributed by atoms with Gasteiger partial charge in [-0.1, -0.05) is 46.6 Å². The smallest absolute Gasteiger partial charge is 0.174 e. The highest BCUT2D eigenvalue weighted by atomic mass is 19.3. The van der Waals surface area contributed by atoms with Crippen LogP contribution in [0.1, 0.15) is 91.9 Å². The van der Waals surface area contributed by atoms with Crippen LogP contribution in [0.15, 0.2) is 70.9 Å². The molecular weight excluding hydrogens is 388 g/mol. The second kappa shape index (κ2) is 18.0. The molecule has 0 bridgehead atoms. The minimum absolute atomic E-state index is 0.400. The van der Waals surface area contributed by atoms with Crippen molar-refractivity contribution in [2.75, 3.05) is 0 Å². The molecule has 0 spiro atoms. The third-order valence-electron chi connectivity index (χ3n) is 4.89. The molecule has 0 aromatic heterocycles. The second-order valence-electron chi connectivity index (χ2n) is 7.92. The van der Waals surface area contributed by atoms with Crippen LogP contribution >= 0.6 is 0 Å². The average molecular weight is 427 g/mol. The zero-order chi connectivity index (χ0) is 22.8. The van der Waals surface area contributed by atoms with Gasteiger partial charge < -0.3 is 0 Å². The van der Waals surface area contributed by atoms with Gasteiger partial charge in [-0.3, -0.25) is 0 Å². The molecule has 0 aliphatic carbocycles. The summed E-state index contributed by atoms with van der Waals surface area (Å²) in [4.78, 5) is 0. The van der Waals surface area contributed by atoms with Crippen molar-refractivity contribution < 1.29 is 17.6 Å². The molecule has 0 saturated heterocycles. The van der Waals surface area contributed by atoms with Crippen LogP contribution in [0.4, 0.5) is 17.6 Å². The normalized spacial score (nSPS) is 13.5. The number of rotatable bonds is 15. The van der Waals surface area contributed by atoms with Crippen LogP contribution in [0.5, 0.6) is 0 Å². The highest BCUT2D eigenvalue weighted by molar-refractivity contribution is 5.07. The molecule has 0 atom stereocenters. The molecule has 0 radical (unpaired) electrons. The van der Waals surface area contributed by atoms with E-state index >= 15 is 0 Å². The van der Waals surface area contributed by atoms with Gasteiger partial charge in [0.25, 0.3) is 12.2 Å². The van der Waals surface area contributed by atoms with Crippen LogP contribution in [0.2, 0.25) is 0 Å². The molecule has 0 aromatic carbocycles. The first kappa shape index (κ1) is 28.2. The van der Waals surface area contributed by atoms with Gasteiger partial charge in [0.15, 0.2) is 0 Å². The maximum Gasteiger partial charge on any atom is 0.266 e. The molecule has 170 valence electrons. The van der Waals surface area contributed by atoms with Gasteiger partial charge in [0.05, 0.1) is 0 Å². The Morgan fingerprint density at radius 2 is 0.633 bits per heavy atom. The number of hydrogen-bond acceptors (Lipinski definition) is 0. The first-order valence-electron chi connectivity index (χ1n) is 10.9. The third kappa shape index (κ3) is 19.5. The molecule has 0 unspecified atom stereocenters. The third-order valence-corrected chi connectivity index (χ3v) is 4.89. The van der Waals surface area contributed by atoms with Crippen LogP contribution in [-0.2, 0) is 0 Å². The summed E-state index contributed by atoms with van der Waals surface area (Å²) in [7, 11) is 0. The lowest BCUT2D eigenvalue weighted by atomic mass is 10.0. The number of unbranched alkanes of at least 4 members (excludes halogenated alkanes) is 1. The van der Waals surface area contributed by atoms with E-state index in [4.69, 9.17) is 0 Å². The molecule has 0 saturated carbocycles. The lowest BCUT2D eigenvalue weighted by Crippen LogP contribution is -1.82. The van der Waals surface area contributed by atoms with Crippen molar-refractivity contribution >= 4 is 0 Å². The van der Waals surface area contributed by atoms with E-state index in [1.807, 2.05) is 13.8 Å². The summed E-state index contributed by atoms with van der Waals surface area (Å²) in [5.41, 5.74) is 5.04. The molecule has 0 nitrogen and oxygen atoms in total. The SMILES string of the molecule is C/C(=C\CC/C(C)=C/CC/C=C(\C)CC/C=C(\C)CCC=C(F)F)CCC=C(F)F. The maximum atomic E-state index is 12.0. The predicted molar refractivity (Wildman–Crippen MR) is 122 cm³/mol. The van der Waals surface area contributed by atoms with Gasteiger partial charge in [-0.25, -0.2) is 0 Å². The molecule has 0 rings (SSSR count). The van der Waals surface area contributed by atoms with E-state index in [1.54, 1.807) is 0 Å². The van der Waals surface area contributed by atoms with Gasteiger partial charge in [-0.2, -0.15) is 17.6 Å². The summed E-state index contributed by atoms with van der Waals surface area (Å²) in [6.45, 7) is 8.26. The molecule has 0 aromatic rings. The predicted octanol–water partition coefficient (Wildman–Crippen LogP) is 10.2. The summed E-state index contributed by atoms with van der Waals surface area (Å²) in [5, 5.41) is 0. The van der Waals surface area contributed by atoms with Gasteiger partial charge in [-0.05, 0) is 104 Å². The van der Waals surface area contributed by atoms with E-state index in [1.165, 1.54) is 11.1 Å². The van der Waals surface area contributed by atoms with Crippen molar-refractivity contribution in [1.29, 1.82) is 0 Å². The van der Waals surface area contributed by atoms with Crippen LogP contribution in [0.3, 0.4) is 0 Å². The van der Waals surface area contributed by atoms with Gasteiger partial charge in [0, 0.05) is 0 Å². The highest BCUT2D eigenvalue weighted by Crippen LogP contribution is 2.15. The van der Waals surface area contributed by atoms with Crippen molar-refractivity contribution in [2.24, 2.45) is 0 Å². The zero-order valence-corrected chi connectivity index (χ0v) is 19.0. The highest BCUT2D eigenvalue weighted by Gasteiger charge is 1.95. The van der Waals surface area contributed by atoms with E-state index in [0.29, 0.717) is 25.7 Å². The Balaban J connectivity index is 4.05. The lowest BCUT2D eigenvalue weighted by molar-refractivity contribution is 0.416. The maximum absolute atomic E-state index is 12.0. The summed E-state index contributed by atoms with van der Waals surface area (Å²) in [6, 6.07) is 0. The van der Waals surface area contributed by atoms with Gasteiger partial charge in [-0.15, -0.1) is 0 Å². The van der Waals surface area contributed by atoms with E-state index in [9.17, 15) is 17.6 Å². The van der Waals surface area contributed by atoms with Gasteiger partial charge in [0.2, 0.25) is 0 Å². The Labute approximate surface area is 180 Å². The second-order valence-corrected chi connectivity index (χ2v) is 7.92. The van der Waals surface area contributed by atoms with Crippen LogP contribution < -0.4 is 0 Å². The van der Waals surface area contributed by atoms with Gasteiger partial charge in [0.1, 0.15) is 0 Å². The molecule has 0 amide bonds. The van der Waals surface area contributed by atoms with Crippen LogP contribution in [0, 0.1) is 0 Å². The van der Waals surface area contributed by atoms with E-state index in [0.717, 1.165) is 61.8 Å². The van der Waals surface area contributed by atoms with Crippen LogP contribution in [0.25, 0.3) is 0 Å². The summed E-state index contributed by atoms with van der Waals surface area (Å²) < 4.78 is 48.0. The summed E-state index contributed by atoms with van der Waals surface area (Å²) in [5.74, 6) is 0. The first-order chi connectivity index (χ1) is 14.2. The first-order valence-corrected chi connectivity index (χ1v) is 10.9. The van der Waals surface area contributed by atoms with E-state index in [2.05, 4.69) is 38.2 Å². The fourth-order valence-corrected chi connectivity index (χ4v) is 2.98. The molecule has 0 N–H and O–H groups in total.